The molecule has 2 aromatic carbocycles. The minimum Gasteiger partial charge on any atom is -0.497 e. The summed E-state index contributed by atoms with van der Waals surface area (Å²) in [7, 11) is -2.15. The fourth-order valence-electron chi connectivity index (χ4n) is 1.74. The smallest absolute Gasteiger partial charge is 0.242 e. The third-order valence-corrected chi connectivity index (χ3v) is 4.58. The third kappa shape index (κ3) is 3.87. The first-order valence-corrected chi connectivity index (χ1v) is 7.96. The summed E-state index contributed by atoms with van der Waals surface area (Å²) in [6.07, 6.45) is 0. The standard InChI is InChI=1S/C14H15ClN2O3S/c1-20-12-5-2-10(3-6-12)9-17-21(18,19)14-8-11(15)4-7-13(14)16/h2-8,17H,9,16H2,1H3. The van der Waals surface area contributed by atoms with E-state index in [2.05, 4.69) is 4.72 Å². The summed E-state index contributed by atoms with van der Waals surface area (Å²) in [5.41, 5.74) is 6.65. The van der Waals surface area contributed by atoms with Crippen molar-refractivity contribution in [1.82, 2.24) is 4.72 Å². The number of nitrogens with two attached hydrogens (primary N) is 1. The van der Waals surface area contributed by atoms with Crippen molar-refractivity contribution in [3.8, 4) is 5.75 Å². The van der Waals surface area contributed by atoms with E-state index in [9.17, 15) is 8.42 Å². The highest BCUT2D eigenvalue weighted by atomic mass is 35.5. The van der Waals surface area contributed by atoms with Gasteiger partial charge in [0.15, 0.2) is 0 Å². The molecule has 0 heterocycles. The molecule has 2 aromatic rings. The van der Waals surface area contributed by atoms with E-state index in [1.165, 1.54) is 12.1 Å². The molecular weight excluding hydrogens is 312 g/mol. The first-order chi connectivity index (χ1) is 9.92. The normalized spacial score (nSPS) is 11.3. The second kappa shape index (κ2) is 6.34. The van der Waals surface area contributed by atoms with E-state index in [1.54, 1.807) is 37.4 Å². The van der Waals surface area contributed by atoms with Crippen LogP contribution in [0.2, 0.25) is 5.02 Å². The number of nitrogens with one attached hydrogen (secondary N) is 1. The Hall–Kier alpha value is -1.76. The highest BCUT2D eigenvalue weighted by Gasteiger charge is 2.17. The molecule has 0 amide bonds. The largest absolute Gasteiger partial charge is 0.497 e. The molecule has 0 aromatic heterocycles. The second-order valence-electron chi connectivity index (χ2n) is 4.35. The van der Waals surface area contributed by atoms with Crippen LogP contribution in [0.4, 0.5) is 5.69 Å². The molecule has 0 atom stereocenters. The van der Waals surface area contributed by atoms with Crippen LogP contribution in [0, 0.1) is 0 Å². The number of nitrogen functional groups attached to an aromatic ring is 1. The van der Waals surface area contributed by atoms with Gasteiger partial charge in [-0.3, -0.25) is 0 Å². The Labute approximate surface area is 128 Å². The number of rotatable bonds is 5. The lowest BCUT2D eigenvalue weighted by Crippen LogP contribution is -2.24. The summed E-state index contributed by atoms with van der Waals surface area (Å²) in [5, 5.41) is 0.314. The van der Waals surface area contributed by atoms with Crippen LogP contribution < -0.4 is 15.2 Å². The number of ether oxygens (including phenoxy) is 1. The molecule has 0 saturated carbocycles. The Bertz CT molecular complexity index is 730. The minimum atomic E-state index is -3.72. The second-order valence-corrected chi connectivity index (χ2v) is 6.53. The monoisotopic (exact) mass is 326 g/mol. The number of hydrogen-bond donors (Lipinski definition) is 2. The summed E-state index contributed by atoms with van der Waals surface area (Å²) in [4.78, 5) is -0.0245. The van der Waals surface area contributed by atoms with Gasteiger partial charge in [0.05, 0.1) is 12.8 Å². The van der Waals surface area contributed by atoms with E-state index < -0.39 is 10.0 Å². The minimum absolute atomic E-state index is 0.0245. The number of sulfonamides is 1. The summed E-state index contributed by atoms with van der Waals surface area (Å²) in [5.74, 6) is 0.709. The van der Waals surface area contributed by atoms with E-state index in [1.807, 2.05) is 0 Å². The maximum absolute atomic E-state index is 12.2. The third-order valence-electron chi connectivity index (χ3n) is 2.89. The molecule has 5 nitrogen and oxygen atoms in total. The zero-order chi connectivity index (χ0) is 15.5. The lowest BCUT2D eigenvalue weighted by molar-refractivity contribution is 0.414. The summed E-state index contributed by atoms with van der Waals surface area (Å²) >= 11 is 5.81. The Morgan fingerprint density at radius 1 is 1.19 bits per heavy atom. The first kappa shape index (κ1) is 15.6. The zero-order valence-corrected chi connectivity index (χ0v) is 12.9. The lowest BCUT2D eigenvalue weighted by Gasteiger charge is -2.10. The molecule has 0 bridgehead atoms. The highest BCUT2D eigenvalue weighted by Crippen LogP contribution is 2.22. The van der Waals surface area contributed by atoms with Gasteiger partial charge in [0.2, 0.25) is 10.0 Å². The molecule has 3 N–H and O–H groups in total. The van der Waals surface area contributed by atoms with Crippen LogP contribution in [0.5, 0.6) is 5.75 Å². The average Bonchev–Trinajstić information content (AvgIpc) is 2.48. The van der Waals surface area contributed by atoms with Gasteiger partial charge >= 0.3 is 0 Å². The molecule has 0 radical (unpaired) electrons. The lowest BCUT2D eigenvalue weighted by atomic mass is 10.2. The molecule has 2 rings (SSSR count). The maximum atomic E-state index is 12.2. The van der Waals surface area contributed by atoms with Crippen molar-refractivity contribution in [3.05, 3.63) is 53.1 Å². The van der Waals surface area contributed by atoms with Crippen molar-refractivity contribution >= 4 is 27.3 Å². The molecule has 0 spiro atoms. The number of halogens is 1. The Morgan fingerprint density at radius 3 is 2.48 bits per heavy atom. The summed E-state index contributed by atoms with van der Waals surface area (Å²) in [6.45, 7) is 0.151. The van der Waals surface area contributed by atoms with Gasteiger partial charge in [0.1, 0.15) is 10.6 Å². The van der Waals surface area contributed by atoms with Gasteiger partial charge < -0.3 is 10.5 Å². The average molecular weight is 327 g/mol. The zero-order valence-electron chi connectivity index (χ0n) is 11.3. The van der Waals surface area contributed by atoms with Gasteiger partial charge in [-0.05, 0) is 35.9 Å². The molecule has 7 heteroatoms. The van der Waals surface area contributed by atoms with Gasteiger partial charge in [-0.25, -0.2) is 13.1 Å². The molecule has 0 saturated heterocycles. The summed E-state index contributed by atoms with van der Waals surface area (Å²) < 4.78 is 32.0. The van der Waals surface area contributed by atoms with Crippen molar-refractivity contribution in [3.63, 3.8) is 0 Å². The van der Waals surface area contributed by atoms with Crippen molar-refractivity contribution in [2.24, 2.45) is 0 Å². The molecule has 112 valence electrons. The van der Waals surface area contributed by atoms with Crippen molar-refractivity contribution < 1.29 is 13.2 Å². The van der Waals surface area contributed by atoms with E-state index >= 15 is 0 Å². The fraction of sp³-hybridized carbons (Fsp3) is 0.143. The molecule has 0 aliphatic rings. The van der Waals surface area contributed by atoms with Crippen LogP contribution in [0.1, 0.15) is 5.56 Å². The molecule has 0 fully saturated rings. The quantitative estimate of drug-likeness (QED) is 0.827. The maximum Gasteiger partial charge on any atom is 0.242 e. The SMILES string of the molecule is COc1ccc(CNS(=O)(=O)c2cc(Cl)ccc2N)cc1. The van der Waals surface area contributed by atoms with Crippen molar-refractivity contribution in [2.45, 2.75) is 11.4 Å². The van der Waals surface area contributed by atoms with Gasteiger partial charge in [-0.2, -0.15) is 0 Å². The predicted molar refractivity (Wildman–Crippen MR) is 82.9 cm³/mol. The van der Waals surface area contributed by atoms with E-state index in [0.717, 1.165) is 5.56 Å². The van der Waals surface area contributed by atoms with Crippen molar-refractivity contribution in [2.75, 3.05) is 12.8 Å². The van der Waals surface area contributed by atoms with Gasteiger partial charge in [-0.1, -0.05) is 23.7 Å². The highest BCUT2D eigenvalue weighted by molar-refractivity contribution is 7.89. The van der Waals surface area contributed by atoms with E-state index in [0.29, 0.717) is 10.8 Å². The summed E-state index contributed by atoms with van der Waals surface area (Å²) in [6, 6.07) is 11.4. The van der Waals surface area contributed by atoms with E-state index in [-0.39, 0.29) is 17.1 Å². The topological polar surface area (TPSA) is 81.4 Å². The number of methoxy groups -OCH3 is 1. The van der Waals surface area contributed by atoms with E-state index in [4.69, 9.17) is 22.1 Å². The van der Waals surface area contributed by atoms with Crippen LogP contribution >= 0.6 is 11.6 Å². The van der Waals surface area contributed by atoms with Gasteiger partial charge in [0.25, 0.3) is 0 Å². The predicted octanol–water partition coefficient (Wildman–Crippen LogP) is 2.41. The van der Waals surface area contributed by atoms with Crippen LogP contribution in [0.3, 0.4) is 0 Å². The van der Waals surface area contributed by atoms with Crippen molar-refractivity contribution in [1.29, 1.82) is 0 Å². The number of hydrogen-bond acceptors (Lipinski definition) is 4. The number of anilines is 1. The van der Waals surface area contributed by atoms with Crippen LogP contribution in [-0.4, -0.2) is 15.5 Å². The van der Waals surface area contributed by atoms with Gasteiger partial charge in [0, 0.05) is 11.6 Å². The Morgan fingerprint density at radius 2 is 1.86 bits per heavy atom. The molecule has 0 aliphatic carbocycles. The van der Waals surface area contributed by atoms with Crippen LogP contribution in [0.15, 0.2) is 47.4 Å². The molecule has 21 heavy (non-hydrogen) atoms. The van der Waals surface area contributed by atoms with Crippen LogP contribution in [-0.2, 0) is 16.6 Å². The van der Waals surface area contributed by atoms with Crippen LogP contribution in [0.25, 0.3) is 0 Å². The fourth-order valence-corrected chi connectivity index (χ4v) is 3.15. The molecular formula is C14H15ClN2O3S. The number of benzene rings is 2. The molecule has 0 unspecified atom stereocenters. The first-order valence-electron chi connectivity index (χ1n) is 6.10. The van der Waals surface area contributed by atoms with Gasteiger partial charge in [-0.15, -0.1) is 0 Å². The molecule has 0 aliphatic heterocycles. The Balaban J connectivity index is 2.15. The Kier molecular flexibility index (Phi) is 4.72.